The summed E-state index contributed by atoms with van der Waals surface area (Å²) >= 11 is 11.7. The average Bonchev–Trinajstić information content (AvgIpc) is 2.57. The molecule has 0 atom stereocenters. The molecular formula is C21H27ClN2O2S2. The van der Waals surface area contributed by atoms with E-state index in [0.717, 1.165) is 29.6 Å². The van der Waals surface area contributed by atoms with Gasteiger partial charge in [0.2, 0.25) is 10.0 Å². The van der Waals surface area contributed by atoms with Crippen LogP contribution in [0.2, 0.25) is 5.02 Å². The summed E-state index contributed by atoms with van der Waals surface area (Å²) < 4.78 is 25.0. The van der Waals surface area contributed by atoms with Crippen molar-refractivity contribution in [1.82, 2.24) is 5.32 Å². The fourth-order valence-corrected chi connectivity index (χ4v) is 3.66. The maximum Gasteiger partial charge on any atom is 0.229 e. The summed E-state index contributed by atoms with van der Waals surface area (Å²) in [4.78, 5) is 0.773. The molecule has 0 heterocycles. The predicted octanol–water partition coefficient (Wildman–Crippen LogP) is 5.06. The molecule has 0 fully saturated rings. The Morgan fingerprint density at radius 1 is 1.11 bits per heavy atom. The second-order valence-electron chi connectivity index (χ2n) is 7.90. The second kappa shape index (κ2) is 9.25. The third kappa shape index (κ3) is 7.41. The number of aryl methyl sites for hydroxylation is 1. The Morgan fingerprint density at radius 2 is 1.75 bits per heavy atom. The third-order valence-electron chi connectivity index (χ3n) is 4.29. The molecule has 28 heavy (non-hydrogen) atoms. The maximum atomic E-state index is 11.3. The first kappa shape index (κ1) is 22.7. The van der Waals surface area contributed by atoms with Gasteiger partial charge in [-0.3, -0.25) is 4.72 Å². The van der Waals surface area contributed by atoms with E-state index in [9.17, 15) is 8.42 Å². The van der Waals surface area contributed by atoms with Crippen LogP contribution in [0.5, 0.6) is 0 Å². The number of anilines is 1. The molecule has 7 heteroatoms. The Hall–Kier alpha value is -1.63. The van der Waals surface area contributed by atoms with Gasteiger partial charge >= 0.3 is 0 Å². The number of benzene rings is 2. The van der Waals surface area contributed by atoms with Gasteiger partial charge in [-0.1, -0.05) is 74.9 Å². The summed E-state index contributed by atoms with van der Waals surface area (Å²) in [6, 6.07) is 13.7. The second-order valence-corrected chi connectivity index (χ2v) is 10.6. The van der Waals surface area contributed by atoms with Crippen LogP contribution in [0.4, 0.5) is 5.69 Å². The highest BCUT2D eigenvalue weighted by Crippen LogP contribution is 2.23. The minimum atomic E-state index is -3.32. The smallest absolute Gasteiger partial charge is 0.229 e. The largest absolute Gasteiger partial charge is 0.376 e. The Bertz CT molecular complexity index is 934. The first-order valence-electron chi connectivity index (χ1n) is 9.06. The molecule has 2 rings (SSSR count). The minimum Gasteiger partial charge on any atom is -0.376 e. The number of hydrogen-bond donors (Lipinski definition) is 2. The lowest BCUT2D eigenvalue weighted by Gasteiger charge is -2.19. The highest BCUT2D eigenvalue weighted by atomic mass is 35.5. The molecule has 4 nitrogen and oxygen atoms in total. The van der Waals surface area contributed by atoms with Crippen LogP contribution in [0.1, 0.15) is 43.9 Å². The highest BCUT2D eigenvalue weighted by Gasteiger charge is 2.13. The van der Waals surface area contributed by atoms with Gasteiger partial charge in [-0.05, 0) is 40.7 Å². The Labute approximate surface area is 178 Å². The molecule has 2 aromatic carbocycles. The molecule has 0 spiro atoms. The third-order valence-corrected chi connectivity index (χ3v) is 5.60. The van der Waals surface area contributed by atoms with Gasteiger partial charge in [0.25, 0.3) is 0 Å². The topological polar surface area (TPSA) is 58.2 Å². The van der Waals surface area contributed by atoms with E-state index < -0.39 is 10.0 Å². The van der Waals surface area contributed by atoms with E-state index in [0.29, 0.717) is 17.3 Å². The molecule has 0 aliphatic carbocycles. The molecule has 0 aromatic heterocycles. The SMILES string of the molecule is CC(C)(C)c1ccc(CCC(=S)NCc2ccc(NS(C)(=O)=O)cc2Cl)cc1. The molecular weight excluding hydrogens is 412 g/mol. The number of sulfonamides is 1. The van der Waals surface area contributed by atoms with Crippen LogP contribution in [0.15, 0.2) is 42.5 Å². The van der Waals surface area contributed by atoms with Gasteiger partial charge < -0.3 is 5.32 Å². The van der Waals surface area contributed by atoms with Crippen LogP contribution in [-0.4, -0.2) is 19.7 Å². The molecule has 152 valence electrons. The van der Waals surface area contributed by atoms with E-state index in [1.807, 2.05) is 0 Å². The monoisotopic (exact) mass is 438 g/mol. The summed E-state index contributed by atoms with van der Waals surface area (Å²) in [5, 5.41) is 3.71. The lowest BCUT2D eigenvalue weighted by molar-refractivity contribution is 0.590. The van der Waals surface area contributed by atoms with Gasteiger partial charge in [0.15, 0.2) is 0 Å². The maximum absolute atomic E-state index is 11.3. The van der Waals surface area contributed by atoms with Crippen molar-refractivity contribution in [1.29, 1.82) is 0 Å². The van der Waals surface area contributed by atoms with Crippen LogP contribution in [0, 0.1) is 0 Å². The zero-order valence-electron chi connectivity index (χ0n) is 16.7. The zero-order chi connectivity index (χ0) is 20.9. The summed E-state index contributed by atoms with van der Waals surface area (Å²) in [7, 11) is -3.32. The first-order chi connectivity index (χ1) is 12.9. The number of rotatable bonds is 7. The highest BCUT2D eigenvalue weighted by molar-refractivity contribution is 7.92. The predicted molar refractivity (Wildman–Crippen MR) is 123 cm³/mol. The number of nitrogens with one attached hydrogen (secondary N) is 2. The Morgan fingerprint density at radius 3 is 2.29 bits per heavy atom. The lowest BCUT2D eigenvalue weighted by atomic mass is 9.86. The molecule has 0 unspecified atom stereocenters. The summed E-state index contributed by atoms with van der Waals surface area (Å²) in [5.41, 5.74) is 4.03. The molecule has 0 radical (unpaired) electrons. The average molecular weight is 439 g/mol. The van der Waals surface area contributed by atoms with Crippen molar-refractivity contribution in [2.24, 2.45) is 0 Å². The van der Waals surface area contributed by atoms with Gasteiger partial charge in [-0.25, -0.2) is 8.42 Å². The molecule has 0 aliphatic heterocycles. The fraction of sp³-hybridized carbons (Fsp3) is 0.381. The van der Waals surface area contributed by atoms with E-state index in [-0.39, 0.29) is 5.41 Å². The number of halogens is 1. The van der Waals surface area contributed by atoms with Crippen LogP contribution < -0.4 is 10.0 Å². The van der Waals surface area contributed by atoms with Gasteiger partial charge in [0.05, 0.1) is 11.2 Å². The van der Waals surface area contributed by atoms with Crippen molar-refractivity contribution in [3.63, 3.8) is 0 Å². The molecule has 0 saturated carbocycles. The summed E-state index contributed by atoms with van der Waals surface area (Å²) in [5.74, 6) is 0. The molecule has 2 N–H and O–H groups in total. The minimum absolute atomic E-state index is 0.154. The first-order valence-corrected chi connectivity index (χ1v) is 11.7. The van der Waals surface area contributed by atoms with Crippen molar-refractivity contribution in [2.75, 3.05) is 11.0 Å². The van der Waals surface area contributed by atoms with E-state index in [1.165, 1.54) is 11.1 Å². The van der Waals surface area contributed by atoms with Crippen LogP contribution >= 0.6 is 23.8 Å². The van der Waals surface area contributed by atoms with Crippen molar-refractivity contribution in [3.8, 4) is 0 Å². The standard InChI is InChI=1S/C21H27ClN2O2S2/c1-21(2,3)17-9-5-15(6-10-17)7-12-20(27)23-14-16-8-11-18(13-19(16)22)24-28(4,25)26/h5-6,8-11,13,24H,7,12,14H2,1-4H3,(H,23,27). The zero-order valence-corrected chi connectivity index (χ0v) is 19.1. The van der Waals surface area contributed by atoms with Crippen molar-refractivity contribution < 1.29 is 8.42 Å². The number of thiocarbonyl (C=S) groups is 1. The number of hydrogen-bond acceptors (Lipinski definition) is 3. The lowest BCUT2D eigenvalue weighted by Crippen LogP contribution is -2.21. The van der Waals surface area contributed by atoms with Crippen LogP contribution in [0.25, 0.3) is 0 Å². The molecule has 0 saturated heterocycles. The molecule has 2 aromatic rings. The van der Waals surface area contributed by atoms with Crippen LogP contribution in [-0.2, 0) is 28.4 Å². The van der Waals surface area contributed by atoms with Crippen LogP contribution in [0.3, 0.4) is 0 Å². The molecule has 0 aliphatic rings. The quantitative estimate of drug-likeness (QED) is 0.593. The Balaban J connectivity index is 1.85. The van der Waals surface area contributed by atoms with Crippen molar-refractivity contribution in [2.45, 2.75) is 45.6 Å². The van der Waals surface area contributed by atoms with Gasteiger partial charge in [-0.15, -0.1) is 0 Å². The van der Waals surface area contributed by atoms with E-state index in [4.69, 9.17) is 23.8 Å². The van der Waals surface area contributed by atoms with E-state index in [1.54, 1.807) is 18.2 Å². The van der Waals surface area contributed by atoms with E-state index >= 15 is 0 Å². The van der Waals surface area contributed by atoms with Crippen molar-refractivity contribution >= 4 is 44.5 Å². The van der Waals surface area contributed by atoms with Gasteiger partial charge in [0, 0.05) is 23.7 Å². The Kier molecular flexibility index (Phi) is 7.48. The van der Waals surface area contributed by atoms with Crippen molar-refractivity contribution in [3.05, 3.63) is 64.2 Å². The molecule has 0 amide bonds. The van der Waals surface area contributed by atoms with Gasteiger partial charge in [-0.2, -0.15) is 0 Å². The van der Waals surface area contributed by atoms with Gasteiger partial charge in [0.1, 0.15) is 0 Å². The normalized spacial score (nSPS) is 11.9. The van der Waals surface area contributed by atoms with E-state index in [2.05, 4.69) is 55.1 Å². The summed E-state index contributed by atoms with van der Waals surface area (Å²) in [6.45, 7) is 7.11. The fourth-order valence-electron chi connectivity index (χ4n) is 2.68. The molecule has 0 bridgehead atoms. The summed E-state index contributed by atoms with van der Waals surface area (Å²) in [6.07, 6.45) is 2.74.